The molecule has 2 aliphatic heterocycles. The minimum Gasteiger partial charge on any atom is -0.365 e. The van der Waals surface area contributed by atoms with Gasteiger partial charge in [0.15, 0.2) is 0 Å². The SMILES string of the molecule is CC1Sc2ccc(C3(C)CO3)cc2NC1=O. The number of ether oxygens (including phenoxy) is 1. The van der Waals surface area contributed by atoms with Gasteiger partial charge in [-0.25, -0.2) is 0 Å². The zero-order chi connectivity index (χ0) is 11.3. The Balaban J connectivity index is 1.99. The van der Waals surface area contributed by atoms with Crippen molar-refractivity contribution < 1.29 is 9.53 Å². The van der Waals surface area contributed by atoms with E-state index in [0.29, 0.717) is 0 Å². The standard InChI is InChI=1S/C12H13NO2S/c1-7-11(14)13-9-5-8(12(2)6-15-12)3-4-10(9)16-7/h3-5,7H,6H2,1-2H3,(H,13,14). The van der Waals surface area contributed by atoms with E-state index in [1.807, 2.05) is 13.0 Å². The van der Waals surface area contributed by atoms with Crippen molar-refractivity contribution in [2.24, 2.45) is 0 Å². The van der Waals surface area contributed by atoms with Crippen molar-refractivity contribution in [2.45, 2.75) is 29.6 Å². The molecular weight excluding hydrogens is 222 g/mol. The second-order valence-electron chi connectivity index (χ2n) is 4.48. The smallest absolute Gasteiger partial charge is 0.237 e. The molecule has 1 N–H and O–H groups in total. The van der Waals surface area contributed by atoms with Gasteiger partial charge >= 0.3 is 0 Å². The summed E-state index contributed by atoms with van der Waals surface area (Å²) in [6, 6.07) is 6.18. The van der Waals surface area contributed by atoms with Crippen molar-refractivity contribution in [1.82, 2.24) is 0 Å². The molecule has 0 aliphatic carbocycles. The van der Waals surface area contributed by atoms with Crippen LogP contribution in [-0.2, 0) is 15.1 Å². The van der Waals surface area contributed by atoms with E-state index in [1.54, 1.807) is 11.8 Å². The maximum atomic E-state index is 11.6. The summed E-state index contributed by atoms with van der Waals surface area (Å²) in [5.74, 6) is 0.0801. The molecule has 3 rings (SSSR count). The average molecular weight is 235 g/mol. The maximum Gasteiger partial charge on any atom is 0.237 e. The third kappa shape index (κ3) is 1.53. The number of epoxide rings is 1. The molecule has 3 nitrogen and oxygen atoms in total. The van der Waals surface area contributed by atoms with E-state index in [0.717, 1.165) is 22.8 Å². The molecule has 2 atom stereocenters. The zero-order valence-corrected chi connectivity index (χ0v) is 10.1. The molecule has 84 valence electrons. The van der Waals surface area contributed by atoms with Gasteiger partial charge in [0.2, 0.25) is 5.91 Å². The maximum absolute atomic E-state index is 11.6. The van der Waals surface area contributed by atoms with E-state index >= 15 is 0 Å². The van der Waals surface area contributed by atoms with Crippen molar-refractivity contribution in [2.75, 3.05) is 11.9 Å². The van der Waals surface area contributed by atoms with Crippen LogP contribution >= 0.6 is 11.8 Å². The van der Waals surface area contributed by atoms with E-state index < -0.39 is 0 Å². The second kappa shape index (κ2) is 3.25. The summed E-state index contributed by atoms with van der Waals surface area (Å²) in [5.41, 5.74) is 1.93. The number of carbonyl (C=O) groups is 1. The van der Waals surface area contributed by atoms with Crippen LogP contribution in [0.4, 0.5) is 5.69 Å². The summed E-state index contributed by atoms with van der Waals surface area (Å²) in [6.07, 6.45) is 0. The number of benzene rings is 1. The van der Waals surface area contributed by atoms with Gasteiger partial charge in [0.1, 0.15) is 5.60 Å². The highest BCUT2D eigenvalue weighted by molar-refractivity contribution is 8.00. The first-order valence-electron chi connectivity index (χ1n) is 5.34. The molecule has 2 unspecified atom stereocenters. The molecule has 0 spiro atoms. The van der Waals surface area contributed by atoms with Crippen molar-refractivity contribution in [3.8, 4) is 0 Å². The predicted molar refractivity (Wildman–Crippen MR) is 63.7 cm³/mol. The van der Waals surface area contributed by atoms with Crippen LogP contribution in [0.15, 0.2) is 23.1 Å². The Kier molecular flexibility index (Phi) is 2.06. The molecule has 2 heterocycles. The lowest BCUT2D eigenvalue weighted by molar-refractivity contribution is -0.115. The van der Waals surface area contributed by atoms with Gasteiger partial charge in [-0.05, 0) is 31.5 Å². The molecule has 1 saturated heterocycles. The van der Waals surface area contributed by atoms with Gasteiger partial charge < -0.3 is 10.1 Å². The molecule has 0 aromatic heterocycles. The Morgan fingerprint density at radius 2 is 2.31 bits per heavy atom. The molecule has 0 bridgehead atoms. The number of amides is 1. The molecule has 1 amide bonds. The number of hydrogen-bond acceptors (Lipinski definition) is 3. The third-order valence-electron chi connectivity index (χ3n) is 3.10. The van der Waals surface area contributed by atoms with Crippen LogP contribution in [0, 0.1) is 0 Å². The van der Waals surface area contributed by atoms with Crippen LogP contribution in [0.5, 0.6) is 0 Å². The molecule has 1 aromatic carbocycles. The molecule has 0 saturated carbocycles. The summed E-state index contributed by atoms with van der Waals surface area (Å²) in [5, 5.41) is 2.93. The summed E-state index contributed by atoms with van der Waals surface area (Å²) in [7, 11) is 0. The van der Waals surface area contributed by atoms with Gasteiger partial charge in [-0.3, -0.25) is 4.79 Å². The first-order valence-corrected chi connectivity index (χ1v) is 6.22. The topological polar surface area (TPSA) is 41.6 Å². The number of anilines is 1. The van der Waals surface area contributed by atoms with Gasteiger partial charge in [0, 0.05) is 4.90 Å². The lowest BCUT2D eigenvalue weighted by Crippen LogP contribution is -2.26. The Morgan fingerprint density at radius 1 is 1.56 bits per heavy atom. The summed E-state index contributed by atoms with van der Waals surface area (Å²) in [4.78, 5) is 12.7. The van der Waals surface area contributed by atoms with Gasteiger partial charge in [-0.2, -0.15) is 0 Å². The van der Waals surface area contributed by atoms with E-state index in [9.17, 15) is 4.79 Å². The molecule has 2 aliphatic rings. The monoisotopic (exact) mass is 235 g/mol. The first-order chi connectivity index (χ1) is 7.58. The fourth-order valence-corrected chi connectivity index (χ4v) is 2.74. The van der Waals surface area contributed by atoms with Crippen LogP contribution in [0.3, 0.4) is 0 Å². The molecule has 0 radical (unpaired) electrons. The number of fused-ring (bicyclic) bond motifs is 1. The van der Waals surface area contributed by atoms with Crippen molar-refractivity contribution >= 4 is 23.4 Å². The lowest BCUT2D eigenvalue weighted by Gasteiger charge is -2.22. The fourth-order valence-electron chi connectivity index (χ4n) is 1.81. The fraction of sp³-hybridized carbons (Fsp3) is 0.417. The summed E-state index contributed by atoms with van der Waals surface area (Å²) >= 11 is 1.61. The molecule has 1 aromatic rings. The number of carbonyl (C=O) groups excluding carboxylic acids is 1. The minimum absolute atomic E-state index is 0.00823. The number of rotatable bonds is 1. The average Bonchev–Trinajstić information content (AvgIpc) is 2.99. The second-order valence-corrected chi connectivity index (χ2v) is 5.86. The highest BCUT2D eigenvalue weighted by Gasteiger charge is 2.41. The molecule has 1 fully saturated rings. The van der Waals surface area contributed by atoms with E-state index in [4.69, 9.17) is 4.74 Å². The van der Waals surface area contributed by atoms with Gasteiger partial charge in [-0.15, -0.1) is 11.8 Å². The Labute approximate surface area is 98.6 Å². The Hall–Kier alpha value is -1.00. The van der Waals surface area contributed by atoms with Gasteiger partial charge in [0.05, 0.1) is 17.5 Å². The quantitative estimate of drug-likeness (QED) is 0.760. The van der Waals surface area contributed by atoms with Crippen LogP contribution in [0.1, 0.15) is 19.4 Å². The van der Waals surface area contributed by atoms with E-state index in [-0.39, 0.29) is 16.8 Å². The number of thioether (sulfide) groups is 1. The van der Waals surface area contributed by atoms with Crippen LogP contribution in [-0.4, -0.2) is 17.8 Å². The van der Waals surface area contributed by atoms with Crippen LogP contribution in [0.2, 0.25) is 0 Å². The van der Waals surface area contributed by atoms with Crippen molar-refractivity contribution in [1.29, 1.82) is 0 Å². The predicted octanol–water partition coefficient (Wildman–Crippen LogP) is 2.36. The largest absolute Gasteiger partial charge is 0.365 e. The Bertz CT molecular complexity index is 468. The highest BCUT2D eigenvalue weighted by Crippen LogP contribution is 2.42. The zero-order valence-electron chi connectivity index (χ0n) is 9.24. The van der Waals surface area contributed by atoms with Crippen molar-refractivity contribution in [3.05, 3.63) is 23.8 Å². The first kappa shape index (κ1) is 10.2. The Morgan fingerprint density at radius 3 is 3.00 bits per heavy atom. The van der Waals surface area contributed by atoms with Crippen LogP contribution in [0.25, 0.3) is 0 Å². The third-order valence-corrected chi connectivity index (χ3v) is 4.28. The van der Waals surface area contributed by atoms with Gasteiger partial charge in [0.25, 0.3) is 0 Å². The number of nitrogens with one attached hydrogen (secondary N) is 1. The molecule has 16 heavy (non-hydrogen) atoms. The van der Waals surface area contributed by atoms with E-state index in [1.165, 1.54) is 0 Å². The van der Waals surface area contributed by atoms with Gasteiger partial charge in [-0.1, -0.05) is 6.07 Å². The summed E-state index contributed by atoms with van der Waals surface area (Å²) < 4.78 is 5.40. The van der Waals surface area contributed by atoms with Crippen molar-refractivity contribution in [3.63, 3.8) is 0 Å². The van der Waals surface area contributed by atoms with E-state index in [2.05, 4.69) is 24.4 Å². The highest BCUT2D eigenvalue weighted by atomic mass is 32.2. The van der Waals surface area contributed by atoms with Crippen LogP contribution < -0.4 is 5.32 Å². The molecule has 4 heteroatoms. The normalized spacial score (nSPS) is 31.9. The summed E-state index contributed by atoms with van der Waals surface area (Å²) in [6.45, 7) is 4.75. The number of hydrogen-bond donors (Lipinski definition) is 1. The lowest BCUT2D eigenvalue weighted by atomic mass is 10.0. The molecular formula is C12H13NO2S. The minimum atomic E-state index is -0.131.